The van der Waals surface area contributed by atoms with Crippen LogP contribution in [0.25, 0.3) is 32.3 Å². The minimum Gasteiger partial charge on any atom is -0.494 e. The largest absolute Gasteiger partial charge is 0.494 e. The average molecular weight is 468 g/mol. The molecule has 0 unspecified atom stereocenters. The van der Waals surface area contributed by atoms with Gasteiger partial charge in [-0.05, 0) is 43.7 Å². The first-order valence-corrected chi connectivity index (χ1v) is 11.8. The predicted molar refractivity (Wildman–Crippen MR) is 128 cm³/mol. The Morgan fingerprint density at radius 2 is 2.15 bits per heavy atom. The van der Waals surface area contributed by atoms with Crippen molar-refractivity contribution in [1.29, 1.82) is 0 Å². The molecule has 3 heterocycles. The van der Waals surface area contributed by atoms with E-state index in [1.165, 1.54) is 18.4 Å². The highest BCUT2D eigenvalue weighted by molar-refractivity contribution is 7.22. The summed E-state index contributed by atoms with van der Waals surface area (Å²) in [5.74, 6) is 2.04. The molecule has 0 radical (unpaired) electrons. The van der Waals surface area contributed by atoms with Gasteiger partial charge in [-0.25, -0.2) is 19.3 Å². The van der Waals surface area contributed by atoms with E-state index >= 15 is 4.39 Å². The topological polar surface area (TPSA) is 85.1 Å². The lowest BCUT2D eigenvalue weighted by atomic mass is 10.1. The van der Waals surface area contributed by atoms with E-state index < -0.39 is 0 Å². The Hall–Kier alpha value is -3.04. The number of aliphatic hydroxyl groups excluding tert-OH is 1. The van der Waals surface area contributed by atoms with Crippen LogP contribution in [0, 0.1) is 18.7 Å². The van der Waals surface area contributed by atoms with Gasteiger partial charge in [-0.3, -0.25) is 0 Å². The highest BCUT2D eigenvalue weighted by Gasteiger charge is 2.27. The van der Waals surface area contributed by atoms with Crippen LogP contribution in [0.2, 0.25) is 0 Å². The third-order valence-corrected chi connectivity index (χ3v) is 7.60. The SMILES string of the molecule is COc1cccc(-c2sc3nc(-c4nccn4C)nc(N[C@@H]4CC[C@@H](CO)C4)c3c2C)c1F. The fourth-order valence-corrected chi connectivity index (χ4v) is 5.79. The molecule has 4 aromatic rings. The van der Waals surface area contributed by atoms with E-state index in [4.69, 9.17) is 14.7 Å². The minimum absolute atomic E-state index is 0.201. The van der Waals surface area contributed by atoms with Crippen molar-refractivity contribution in [3.05, 3.63) is 42.0 Å². The molecule has 9 heteroatoms. The molecule has 33 heavy (non-hydrogen) atoms. The number of aromatic nitrogens is 4. The number of fused-ring (bicyclic) bond motifs is 1. The van der Waals surface area contributed by atoms with Crippen LogP contribution in [0.4, 0.5) is 10.2 Å². The van der Waals surface area contributed by atoms with E-state index in [0.717, 1.165) is 45.7 Å². The van der Waals surface area contributed by atoms with Crippen molar-refractivity contribution in [3.8, 4) is 27.8 Å². The van der Waals surface area contributed by atoms with Crippen molar-refractivity contribution in [2.24, 2.45) is 13.0 Å². The summed E-state index contributed by atoms with van der Waals surface area (Å²) in [6.07, 6.45) is 6.41. The normalized spacial score (nSPS) is 18.2. The van der Waals surface area contributed by atoms with Gasteiger partial charge in [0, 0.05) is 42.5 Å². The number of benzene rings is 1. The molecule has 1 aromatic carbocycles. The summed E-state index contributed by atoms with van der Waals surface area (Å²) >= 11 is 1.44. The lowest BCUT2D eigenvalue weighted by molar-refractivity contribution is 0.229. The Labute approximate surface area is 195 Å². The molecule has 3 aromatic heterocycles. The molecule has 7 nitrogen and oxygen atoms in total. The maximum atomic E-state index is 15.1. The maximum absolute atomic E-state index is 15.1. The molecule has 0 saturated heterocycles. The summed E-state index contributed by atoms with van der Waals surface area (Å²) in [7, 11) is 3.37. The number of hydrogen-bond acceptors (Lipinski definition) is 7. The third kappa shape index (κ3) is 3.85. The first-order chi connectivity index (χ1) is 16.0. The Balaban J connectivity index is 1.67. The van der Waals surface area contributed by atoms with Gasteiger partial charge < -0.3 is 19.7 Å². The standard InChI is InChI=1S/C24H26FN5O2S/c1-13-18-21(27-15-8-7-14(11-15)12-31)28-22(23-26-9-10-30(23)2)29-24(18)33-20(13)16-5-4-6-17(32-3)19(16)25/h4-6,9-10,14-15,31H,7-8,11-12H2,1-3H3,(H,27,28,29)/t14-,15-/m1/s1. The van der Waals surface area contributed by atoms with Crippen molar-refractivity contribution >= 4 is 27.4 Å². The van der Waals surface area contributed by atoms with E-state index in [0.29, 0.717) is 23.1 Å². The van der Waals surface area contributed by atoms with Crippen molar-refractivity contribution in [1.82, 2.24) is 19.5 Å². The van der Waals surface area contributed by atoms with E-state index in [-0.39, 0.29) is 24.2 Å². The molecular weight excluding hydrogens is 441 g/mol. The zero-order chi connectivity index (χ0) is 23.1. The zero-order valence-corrected chi connectivity index (χ0v) is 19.6. The number of aliphatic hydroxyl groups is 1. The number of rotatable bonds is 6. The van der Waals surface area contributed by atoms with E-state index in [1.54, 1.807) is 24.4 Å². The summed E-state index contributed by atoms with van der Waals surface area (Å²) in [4.78, 5) is 15.7. The van der Waals surface area contributed by atoms with Crippen LogP contribution in [0.1, 0.15) is 24.8 Å². The molecule has 2 N–H and O–H groups in total. The fraction of sp³-hybridized carbons (Fsp3) is 0.375. The van der Waals surface area contributed by atoms with Crippen LogP contribution < -0.4 is 10.1 Å². The molecule has 1 aliphatic carbocycles. The van der Waals surface area contributed by atoms with Crippen molar-refractivity contribution < 1.29 is 14.2 Å². The Morgan fingerprint density at radius 1 is 1.30 bits per heavy atom. The zero-order valence-electron chi connectivity index (χ0n) is 18.8. The van der Waals surface area contributed by atoms with Crippen LogP contribution >= 0.6 is 11.3 Å². The predicted octanol–water partition coefficient (Wildman–Crippen LogP) is 4.79. The highest BCUT2D eigenvalue weighted by atomic mass is 32.1. The lowest BCUT2D eigenvalue weighted by Gasteiger charge is -2.15. The van der Waals surface area contributed by atoms with Crippen LogP contribution in [-0.2, 0) is 7.05 Å². The molecule has 2 atom stereocenters. The van der Waals surface area contributed by atoms with E-state index in [1.807, 2.05) is 24.7 Å². The summed E-state index contributed by atoms with van der Waals surface area (Å²) in [5, 5.41) is 14.0. The second-order valence-electron chi connectivity index (χ2n) is 8.52. The summed E-state index contributed by atoms with van der Waals surface area (Å²) in [6, 6.07) is 5.38. The van der Waals surface area contributed by atoms with E-state index in [2.05, 4.69) is 10.3 Å². The second-order valence-corrected chi connectivity index (χ2v) is 9.52. The second kappa shape index (κ2) is 8.72. The molecule has 1 fully saturated rings. The molecule has 0 amide bonds. The minimum atomic E-state index is -0.386. The van der Waals surface area contributed by atoms with Gasteiger partial charge in [0.25, 0.3) is 0 Å². The lowest BCUT2D eigenvalue weighted by Crippen LogP contribution is -2.18. The number of nitrogens with zero attached hydrogens (tertiary/aromatic N) is 4. The molecule has 1 aliphatic rings. The number of hydrogen-bond donors (Lipinski definition) is 2. The van der Waals surface area contributed by atoms with Crippen molar-refractivity contribution in [2.45, 2.75) is 32.2 Å². The molecule has 172 valence electrons. The summed E-state index contributed by atoms with van der Waals surface area (Å²) in [6.45, 7) is 2.18. The monoisotopic (exact) mass is 467 g/mol. The summed E-state index contributed by atoms with van der Waals surface area (Å²) in [5.41, 5.74) is 1.41. The molecule has 0 aliphatic heterocycles. The Morgan fingerprint density at radius 3 is 2.85 bits per heavy atom. The number of nitrogens with one attached hydrogen (secondary N) is 1. The van der Waals surface area contributed by atoms with Crippen LogP contribution in [-0.4, -0.2) is 44.4 Å². The maximum Gasteiger partial charge on any atom is 0.199 e. The van der Waals surface area contributed by atoms with Gasteiger partial charge in [-0.15, -0.1) is 11.3 Å². The number of ether oxygens (including phenoxy) is 1. The van der Waals surface area contributed by atoms with Gasteiger partial charge in [-0.1, -0.05) is 12.1 Å². The Kier molecular flexibility index (Phi) is 5.76. The van der Waals surface area contributed by atoms with Gasteiger partial charge in [0.1, 0.15) is 10.6 Å². The van der Waals surface area contributed by atoms with Gasteiger partial charge in [0.05, 0.1) is 12.5 Å². The number of methoxy groups -OCH3 is 1. The average Bonchev–Trinajstić information content (AvgIpc) is 3.53. The number of aryl methyl sites for hydroxylation is 2. The molecule has 5 rings (SSSR count). The first-order valence-electron chi connectivity index (χ1n) is 11.0. The van der Waals surface area contributed by atoms with Crippen LogP contribution in [0.5, 0.6) is 5.75 Å². The number of anilines is 1. The molecule has 1 saturated carbocycles. The number of halogens is 1. The molecular formula is C24H26FN5O2S. The Bertz CT molecular complexity index is 1320. The highest BCUT2D eigenvalue weighted by Crippen LogP contribution is 2.43. The van der Waals surface area contributed by atoms with Gasteiger partial charge in [0.2, 0.25) is 0 Å². The fourth-order valence-electron chi connectivity index (χ4n) is 4.59. The van der Waals surface area contributed by atoms with Crippen LogP contribution in [0.15, 0.2) is 30.6 Å². The quantitative estimate of drug-likeness (QED) is 0.424. The number of imidazole rings is 1. The molecule has 0 bridgehead atoms. The third-order valence-electron chi connectivity index (χ3n) is 6.38. The first kappa shape index (κ1) is 21.8. The van der Waals surface area contributed by atoms with E-state index in [9.17, 15) is 5.11 Å². The van der Waals surface area contributed by atoms with Gasteiger partial charge in [0.15, 0.2) is 23.2 Å². The summed E-state index contributed by atoms with van der Waals surface area (Å²) < 4.78 is 22.2. The van der Waals surface area contributed by atoms with Gasteiger partial charge in [-0.2, -0.15) is 0 Å². The van der Waals surface area contributed by atoms with Crippen molar-refractivity contribution in [3.63, 3.8) is 0 Å². The molecule has 0 spiro atoms. The van der Waals surface area contributed by atoms with Crippen molar-refractivity contribution in [2.75, 3.05) is 19.0 Å². The van der Waals surface area contributed by atoms with Crippen LogP contribution in [0.3, 0.4) is 0 Å². The smallest absolute Gasteiger partial charge is 0.199 e. The number of thiophene rings is 1. The van der Waals surface area contributed by atoms with Gasteiger partial charge >= 0.3 is 0 Å².